The van der Waals surface area contributed by atoms with Gasteiger partial charge in [-0.1, -0.05) is 0 Å². The van der Waals surface area contributed by atoms with Gasteiger partial charge in [0.05, 0.1) is 29.5 Å². The number of nitrogens with one attached hydrogen (secondary N) is 1. The number of amides is 2. The first-order chi connectivity index (χ1) is 8.54. The number of hydrogen-bond acceptors (Lipinski definition) is 4. The number of aryl methyl sites for hydroxylation is 1. The fourth-order valence-electron chi connectivity index (χ4n) is 2.11. The highest BCUT2D eigenvalue weighted by molar-refractivity contribution is 7.09. The summed E-state index contributed by atoms with van der Waals surface area (Å²) >= 11 is 1.60. The van der Waals surface area contributed by atoms with Crippen LogP contribution in [0.25, 0.3) is 0 Å². The zero-order valence-corrected chi connectivity index (χ0v) is 11.8. The minimum atomic E-state index is -0.0392. The minimum Gasteiger partial charge on any atom is -0.372 e. The number of ether oxygens (including phenoxy) is 1. The van der Waals surface area contributed by atoms with Gasteiger partial charge in [-0.3, -0.25) is 0 Å². The number of aromatic nitrogens is 1. The van der Waals surface area contributed by atoms with Gasteiger partial charge >= 0.3 is 6.03 Å². The number of thiazole rings is 1. The maximum absolute atomic E-state index is 12.0. The van der Waals surface area contributed by atoms with Crippen molar-refractivity contribution in [2.45, 2.75) is 39.5 Å². The summed E-state index contributed by atoms with van der Waals surface area (Å²) in [4.78, 5) is 18.1. The summed E-state index contributed by atoms with van der Waals surface area (Å²) in [7, 11) is 0. The highest BCUT2D eigenvalue weighted by atomic mass is 32.1. The Morgan fingerprint density at radius 2 is 2.22 bits per heavy atom. The molecular formula is C12H19N3O2S. The lowest BCUT2D eigenvalue weighted by molar-refractivity contribution is -0.0545. The van der Waals surface area contributed by atoms with Gasteiger partial charge in [0, 0.05) is 18.5 Å². The van der Waals surface area contributed by atoms with Crippen LogP contribution in [0.4, 0.5) is 4.79 Å². The second kappa shape index (κ2) is 5.67. The summed E-state index contributed by atoms with van der Waals surface area (Å²) in [5.74, 6) is 0. The van der Waals surface area contributed by atoms with Crippen LogP contribution in [0.5, 0.6) is 0 Å². The third-order valence-electron chi connectivity index (χ3n) is 2.79. The third kappa shape index (κ3) is 3.43. The molecule has 1 aliphatic heterocycles. The number of rotatable bonds is 2. The summed E-state index contributed by atoms with van der Waals surface area (Å²) in [6, 6.07) is -0.0392. The van der Waals surface area contributed by atoms with Gasteiger partial charge in [0.25, 0.3) is 0 Å². The lowest BCUT2D eigenvalue weighted by atomic mass is 10.2. The molecule has 2 amide bonds. The fraction of sp³-hybridized carbons (Fsp3) is 0.667. The summed E-state index contributed by atoms with van der Waals surface area (Å²) < 4.78 is 5.60. The zero-order chi connectivity index (χ0) is 13.1. The summed E-state index contributed by atoms with van der Waals surface area (Å²) in [5, 5.41) is 5.89. The van der Waals surface area contributed by atoms with Crippen molar-refractivity contribution >= 4 is 17.4 Å². The molecule has 1 aliphatic rings. The van der Waals surface area contributed by atoms with Gasteiger partial charge in [-0.15, -0.1) is 11.3 Å². The molecule has 0 radical (unpaired) electrons. The van der Waals surface area contributed by atoms with Crippen LogP contribution in [0.2, 0.25) is 0 Å². The van der Waals surface area contributed by atoms with Crippen LogP contribution in [-0.4, -0.2) is 41.2 Å². The lowest BCUT2D eigenvalue weighted by Crippen LogP contribution is -2.51. The zero-order valence-electron chi connectivity index (χ0n) is 11.0. The Hall–Kier alpha value is -1.14. The Morgan fingerprint density at radius 1 is 1.56 bits per heavy atom. The van der Waals surface area contributed by atoms with E-state index in [1.54, 1.807) is 16.2 Å². The SMILES string of the molecule is Cc1nc(CNC(=O)N2C[C@@H](C)O[C@@H](C)C2)cs1. The highest BCUT2D eigenvalue weighted by Crippen LogP contribution is 2.11. The van der Waals surface area contributed by atoms with E-state index < -0.39 is 0 Å². The van der Waals surface area contributed by atoms with Gasteiger partial charge in [0.15, 0.2) is 0 Å². The predicted molar refractivity (Wildman–Crippen MR) is 70.7 cm³/mol. The monoisotopic (exact) mass is 269 g/mol. The molecule has 5 nitrogen and oxygen atoms in total. The van der Waals surface area contributed by atoms with Crippen molar-refractivity contribution in [1.29, 1.82) is 0 Å². The molecule has 1 aromatic rings. The van der Waals surface area contributed by atoms with Crippen LogP contribution in [0.1, 0.15) is 24.5 Å². The van der Waals surface area contributed by atoms with E-state index in [4.69, 9.17) is 4.74 Å². The topological polar surface area (TPSA) is 54.5 Å². The van der Waals surface area contributed by atoms with E-state index in [1.807, 2.05) is 26.2 Å². The maximum Gasteiger partial charge on any atom is 0.317 e. The smallest absolute Gasteiger partial charge is 0.317 e. The standard InChI is InChI=1S/C12H19N3O2S/c1-8-5-15(6-9(2)17-8)12(16)13-4-11-7-18-10(3)14-11/h7-9H,4-6H2,1-3H3,(H,13,16)/t8-,9+. The van der Waals surface area contributed by atoms with Crippen LogP contribution < -0.4 is 5.32 Å². The third-order valence-corrected chi connectivity index (χ3v) is 3.62. The molecule has 0 aromatic carbocycles. The van der Waals surface area contributed by atoms with Gasteiger partial charge in [-0.25, -0.2) is 9.78 Å². The number of morpholine rings is 1. The van der Waals surface area contributed by atoms with Gasteiger partial charge in [-0.05, 0) is 20.8 Å². The summed E-state index contributed by atoms with van der Waals surface area (Å²) in [5.41, 5.74) is 0.917. The normalized spacial score (nSPS) is 24.1. The van der Waals surface area contributed by atoms with Gasteiger partial charge < -0.3 is 15.0 Å². The van der Waals surface area contributed by atoms with E-state index >= 15 is 0 Å². The van der Waals surface area contributed by atoms with E-state index in [0.717, 1.165) is 10.7 Å². The average Bonchev–Trinajstić information content (AvgIpc) is 2.70. The molecular weight excluding hydrogens is 250 g/mol. The van der Waals surface area contributed by atoms with E-state index in [1.165, 1.54) is 0 Å². The van der Waals surface area contributed by atoms with E-state index in [-0.39, 0.29) is 18.2 Å². The van der Waals surface area contributed by atoms with Crippen LogP contribution in [0.3, 0.4) is 0 Å². The van der Waals surface area contributed by atoms with Gasteiger partial charge in [-0.2, -0.15) is 0 Å². The Kier molecular flexibility index (Phi) is 4.19. The molecule has 100 valence electrons. The van der Waals surface area contributed by atoms with Gasteiger partial charge in [0.1, 0.15) is 0 Å². The molecule has 1 fully saturated rings. The first-order valence-corrected chi connectivity index (χ1v) is 7.02. The fourth-order valence-corrected chi connectivity index (χ4v) is 2.72. The number of carbonyl (C=O) groups excluding carboxylic acids is 1. The molecule has 2 heterocycles. The van der Waals surface area contributed by atoms with Crippen LogP contribution >= 0.6 is 11.3 Å². The lowest BCUT2D eigenvalue weighted by Gasteiger charge is -2.35. The molecule has 2 atom stereocenters. The van der Waals surface area contributed by atoms with E-state index in [9.17, 15) is 4.79 Å². The van der Waals surface area contributed by atoms with E-state index in [0.29, 0.717) is 19.6 Å². The quantitative estimate of drug-likeness (QED) is 0.890. The van der Waals surface area contributed by atoms with Crippen LogP contribution in [0, 0.1) is 6.92 Å². The van der Waals surface area contributed by atoms with Crippen molar-refractivity contribution in [3.63, 3.8) is 0 Å². The second-order valence-electron chi connectivity index (χ2n) is 4.68. The molecule has 0 bridgehead atoms. The van der Waals surface area contributed by atoms with Crippen molar-refractivity contribution in [2.75, 3.05) is 13.1 Å². The minimum absolute atomic E-state index is 0.0392. The van der Waals surface area contributed by atoms with Crippen LogP contribution in [0.15, 0.2) is 5.38 Å². The molecule has 6 heteroatoms. The second-order valence-corrected chi connectivity index (χ2v) is 5.74. The Morgan fingerprint density at radius 3 is 2.78 bits per heavy atom. The number of carbonyl (C=O) groups is 1. The Bertz CT molecular complexity index is 411. The van der Waals surface area contributed by atoms with Crippen LogP contribution in [-0.2, 0) is 11.3 Å². The first kappa shape index (κ1) is 13.3. The summed E-state index contributed by atoms with van der Waals surface area (Å²) in [6.07, 6.45) is 0.196. The Labute approximate surface area is 111 Å². The van der Waals surface area contributed by atoms with Crippen molar-refractivity contribution in [1.82, 2.24) is 15.2 Å². The molecule has 0 aliphatic carbocycles. The molecule has 0 unspecified atom stereocenters. The maximum atomic E-state index is 12.0. The molecule has 1 saturated heterocycles. The van der Waals surface area contributed by atoms with Crippen molar-refractivity contribution in [3.05, 3.63) is 16.1 Å². The predicted octanol–water partition coefficient (Wildman–Crippen LogP) is 1.77. The van der Waals surface area contributed by atoms with E-state index in [2.05, 4.69) is 10.3 Å². The molecule has 2 rings (SSSR count). The van der Waals surface area contributed by atoms with Crippen molar-refractivity contribution < 1.29 is 9.53 Å². The molecule has 0 spiro atoms. The highest BCUT2D eigenvalue weighted by Gasteiger charge is 2.25. The average molecular weight is 269 g/mol. The summed E-state index contributed by atoms with van der Waals surface area (Å²) in [6.45, 7) is 7.71. The molecule has 1 aromatic heterocycles. The number of urea groups is 1. The molecule has 18 heavy (non-hydrogen) atoms. The largest absolute Gasteiger partial charge is 0.372 e. The molecule has 0 saturated carbocycles. The van der Waals surface area contributed by atoms with Crippen molar-refractivity contribution in [2.24, 2.45) is 0 Å². The van der Waals surface area contributed by atoms with Crippen molar-refractivity contribution in [3.8, 4) is 0 Å². The van der Waals surface area contributed by atoms with Gasteiger partial charge in [0.2, 0.25) is 0 Å². The Balaban J connectivity index is 1.84. The molecule has 1 N–H and O–H groups in total. The number of hydrogen-bond donors (Lipinski definition) is 1. The number of nitrogens with zero attached hydrogens (tertiary/aromatic N) is 2. The first-order valence-electron chi connectivity index (χ1n) is 6.14.